The number of carbonyl (C=O) groups excluding carboxylic acids is 2. The quantitative estimate of drug-likeness (QED) is 0.786. The molecule has 2 amide bonds. The van der Waals surface area contributed by atoms with Crippen LogP contribution in [0, 0.1) is 5.92 Å². The van der Waals surface area contributed by atoms with Crippen molar-refractivity contribution in [1.82, 2.24) is 18.6 Å². The van der Waals surface area contributed by atoms with E-state index in [1.807, 2.05) is 6.92 Å². The third kappa shape index (κ3) is 3.25. The second-order valence-corrected chi connectivity index (χ2v) is 7.45. The van der Waals surface area contributed by atoms with Crippen LogP contribution in [0.5, 0.6) is 0 Å². The Kier molecular flexibility index (Phi) is 5.44. The van der Waals surface area contributed by atoms with E-state index in [1.54, 1.807) is 22.6 Å². The molecule has 1 saturated heterocycles. The van der Waals surface area contributed by atoms with E-state index < -0.39 is 11.2 Å². The highest BCUT2D eigenvalue weighted by Gasteiger charge is 2.29. The van der Waals surface area contributed by atoms with E-state index in [1.165, 1.54) is 11.6 Å². The lowest BCUT2D eigenvalue weighted by Crippen LogP contribution is -2.42. The fourth-order valence-electron chi connectivity index (χ4n) is 3.89. The summed E-state index contributed by atoms with van der Waals surface area (Å²) in [5, 5.41) is 0.357. The first-order chi connectivity index (χ1) is 13.3. The maximum absolute atomic E-state index is 13.2. The molecule has 0 radical (unpaired) electrons. The number of carbonyl (C=O) groups is 2. The van der Waals surface area contributed by atoms with Gasteiger partial charge in [0, 0.05) is 39.6 Å². The van der Waals surface area contributed by atoms with Gasteiger partial charge in [-0.25, -0.2) is 4.79 Å². The Balaban J connectivity index is 2.07. The summed E-state index contributed by atoms with van der Waals surface area (Å²) in [5.74, 6) is -0.726. The molecule has 2 N–H and O–H groups in total. The van der Waals surface area contributed by atoms with Crippen molar-refractivity contribution in [3.63, 3.8) is 0 Å². The number of likely N-dealkylation sites (tertiary alicyclic amines) is 1. The molecular weight excluding hydrogens is 362 g/mol. The highest BCUT2D eigenvalue weighted by Crippen LogP contribution is 2.22. The molecule has 3 heterocycles. The third-order valence-electron chi connectivity index (χ3n) is 5.63. The van der Waals surface area contributed by atoms with Crippen molar-refractivity contribution in [2.24, 2.45) is 25.7 Å². The smallest absolute Gasteiger partial charge is 0.332 e. The minimum Gasteiger partial charge on any atom is -0.369 e. The van der Waals surface area contributed by atoms with Gasteiger partial charge in [0.25, 0.3) is 11.5 Å². The Hall–Kier alpha value is -2.84. The van der Waals surface area contributed by atoms with Gasteiger partial charge in [-0.05, 0) is 25.3 Å². The average molecular weight is 389 g/mol. The molecule has 2 aromatic rings. The van der Waals surface area contributed by atoms with Crippen molar-refractivity contribution in [2.75, 3.05) is 13.1 Å². The van der Waals surface area contributed by atoms with Crippen molar-refractivity contribution < 1.29 is 9.59 Å². The Morgan fingerprint density at radius 1 is 1.14 bits per heavy atom. The largest absolute Gasteiger partial charge is 0.369 e. The molecular formula is C19H27N5O4. The predicted octanol–water partition coefficient (Wildman–Crippen LogP) is 0.176. The minimum atomic E-state index is -0.422. The van der Waals surface area contributed by atoms with Gasteiger partial charge < -0.3 is 15.2 Å². The maximum Gasteiger partial charge on any atom is 0.332 e. The van der Waals surface area contributed by atoms with E-state index >= 15 is 0 Å². The van der Waals surface area contributed by atoms with Crippen LogP contribution in [0.1, 0.15) is 43.1 Å². The summed E-state index contributed by atoms with van der Waals surface area (Å²) in [4.78, 5) is 51.3. The van der Waals surface area contributed by atoms with Gasteiger partial charge in [0.15, 0.2) is 0 Å². The van der Waals surface area contributed by atoms with Crippen LogP contribution in [-0.4, -0.2) is 43.5 Å². The van der Waals surface area contributed by atoms with E-state index in [2.05, 4.69) is 0 Å². The number of unbranched alkanes of at least 4 members (excludes halogenated alkanes) is 1. The Morgan fingerprint density at radius 3 is 2.36 bits per heavy atom. The predicted molar refractivity (Wildman–Crippen MR) is 105 cm³/mol. The zero-order valence-corrected chi connectivity index (χ0v) is 16.6. The van der Waals surface area contributed by atoms with Crippen LogP contribution in [0.25, 0.3) is 11.0 Å². The summed E-state index contributed by atoms with van der Waals surface area (Å²) >= 11 is 0. The summed E-state index contributed by atoms with van der Waals surface area (Å²) in [5.41, 5.74) is 5.42. The standard InChI is InChI=1S/C19H27N5O4/c1-4-5-8-24-14(18(27)23-9-6-12(7-10-23)15(20)25)11-13-16(24)21(2)19(28)22(3)17(13)26/h11-12H,4-10H2,1-3H3,(H2,20,25). The topological polar surface area (TPSA) is 112 Å². The molecule has 0 aromatic carbocycles. The minimum absolute atomic E-state index is 0.190. The molecule has 0 unspecified atom stereocenters. The number of primary amides is 1. The van der Waals surface area contributed by atoms with Crippen molar-refractivity contribution in [1.29, 1.82) is 0 Å². The van der Waals surface area contributed by atoms with Gasteiger partial charge in [0.1, 0.15) is 11.3 Å². The van der Waals surface area contributed by atoms with Crippen LogP contribution in [0.2, 0.25) is 0 Å². The molecule has 28 heavy (non-hydrogen) atoms. The highest BCUT2D eigenvalue weighted by molar-refractivity contribution is 5.98. The van der Waals surface area contributed by atoms with Gasteiger partial charge in [0.05, 0.1) is 5.39 Å². The first-order valence-corrected chi connectivity index (χ1v) is 9.65. The summed E-state index contributed by atoms with van der Waals surface area (Å²) in [6.45, 7) is 3.47. The first-order valence-electron chi connectivity index (χ1n) is 9.65. The number of piperidine rings is 1. The molecule has 0 aliphatic carbocycles. The molecule has 9 heteroatoms. The van der Waals surface area contributed by atoms with Crippen LogP contribution >= 0.6 is 0 Å². The van der Waals surface area contributed by atoms with Crippen LogP contribution < -0.4 is 17.0 Å². The summed E-state index contributed by atoms with van der Waals surface area (Å²) in [6.07, 6.45) is 2.81. The molecule has 9 nitrogen and oxygen atoms in total. The molecule has 0 atom stereocenters. The van der Waals surface area contributed by atoms with E-state index in [9.17, 15) is 19.2 Å². The first kappa shape index (κ1) is 19.9. The van der Waals surface area contributed by atoms with Crippen molar-refractivity contribution in [2.45, 2.75) is 39.2 Å². The third-order valence-corrected chi connectivity index (χ3v) is 5.63. The van der Waals surface area contributed by atoms with Crippen molar-refractivity contribution in [3.8, 4) is 0 Å². The lowest BCUT2D eigenvalue weighted by atomic mass is 9.96. The summed E-state index contributed by atoms with van der Waals surface area (Å²) < 4.78 is 4.26. The number of rotatable bonds is 5. The Bertz CT molecular complexity index is 1040. The number of aryl methyl sites for hydroxylation is 2. The second-order valence-electron chi connectivity index (χ2n) is 7.45. The van der Waals surface area contributed by atoms with E-state index in [4.69, 9.17) is 5.73 Å². The van der Waals surface area contributed by atoms with Crippen molar-refractivity contribution >= 4 is 22.8 Å². The second kappa shape index (κ2) is 7.65. The molecule has 2 aromatic heterocycles. The number of nitrogens with zero attached hydrogens (tertiary/aromatic N) is 4. The maximum atomic E-state index is 13.2. The van der Waals surface area contributed by atoms with Gasteiger partial charge in [-0.15, -0.1) is 0 Å². The Labute approximate surface area is 162 Å². The fraction of sp³-hybridized carbons (Fsp3) is 0.579. The molecule has 152 valence electrons. The van der Waals surface area contributed by atoms with Crippen molar-refractivity contribution in [3.05, 3.63) is 32.6 Å². The van der Waals surface area contributed by atoms with Crippen LogP contribution in [0.3, 0.4) is 0 Å². The molecule has 0 saturated carbocycles. The van der Waals surface area contributed by atoms with E-state index in [-0.39, 0.29) is 17.7 Å². The van der Waals surface area contributed by atoms with E-state index in [0.717, 1.165) is 17.4 Å². The van der Waals surface area contributed by atoms with Crippen LogP contribution in [0.4, 0.5) is 0 Å². The molecule has 3 rings (SSSR count). The monoisotopic (exact) mass is 389 g/mol. The van der Waals surface area contributed by atoms with Gasteiger partial charge in [-0.1, -0.05) is 13.3 Å². The number of nitrogens with two attached hydrogens (primary N) is 1. The zero-order valence-electron chi connectivity index (χ0n) is 16.6. The lowest BCUT2D eigenvalue weighted by Gasteiger charge is -2.30. The normalized spacial score (nSPS) is 15.3. The van der Waals surface area contributed by atoms with Crippen LogP contribution in [0.15, 0.2) is 15.7 Å². The SMILES string of the molecule is CCCCn1c(C(=O)N2CCC(C(N)=O)CC2)cc2c(=O)n(C)c(=O)n(C)c21. The van der Waals surface area contributed by atoms with Gasteiger partial charge >= 0.3 is 5.69 Å². The number of hydrogen-bond acceptors (Lipinski definition) is 4. The van der Waals surface area contributed by atoms with E-state index in [0.29, 0.717) is 49.2 Å². The number of hydrogen-bond donors (Lipinski definition) is 1. The van der Waals surface area contributed by atoms with Gasteiger partial charge in [-0.3, -0.25) is 23.5 Å². The lowest BCUT2D eigenvalue weighted by molar-refractivity contribution is -0.123. The number of aromatic nitrogens is 3. The molecule has 1 fully saturated rings. The molecule has 0 bridgehead atoms. The van der Waals surface area contributed by atoms with Gasteiger partial charge in [-0.2, -0.15) is 0 Å². The molecule has 1 aliphatic heterocycles. The average Bonchev–Trinajstić information content (AvgIpc) is 3.08. The van der Waals surface area contributed by atoms with Crippen LogP contribution in [-0.2, 0) is 25.4 Å². The number of amides is 2. The van der Waals surface area contributed by atoms with Gasteiger partial charge in [0.2, 0.25) is 5.91 Å². The number of fused-ring (bicyclic) bond motifs is 1. The summed E-state index contributed by atoms with van der Waals surface area (Å²) in [7, 11) is 3.04. The Morgan fingerprint density at radius 2 is 1.79 bits per heavy atom. The molecule has 0 spiro atoms. The summed E-state index contributed by atoms with van der Waals surface area (Å²) in [6, 6.07) is 1.59. The highest BCUT2D eigenvalue weighted by atomic mass is 16.2. The molecule has 1 aliphatic rings. The zero-order chi connectivity index (χ0) is 20.6. The fourth-order valence-corrected chi connectivity index (χ4v) is 3.89.